The molecule has 3 rings (SSSR count). The van der Waals surface area contributed by atoms with Gasteiger partial charge in [-0.15, -0.1) is 11.3 Å². The number of thiocarbonyl (C=S) groups is 1. The van der Waals surface area contributed by atoms with Crippen molar-refractivity contribution in [1.82, 2.24) is 15.2 Å². The van der Waals surface area contributed by atoms with Crippen LogP contribution in [0.25, 0.3) is 10.9 Å². The van der Waals surface area contributed by atoms with E-state index >= 15 is 0 Å². The molecule has 136 valence electrons. The van der Waals surface area contributed by atoms with Crippen molar-refractivity contribution in [2.45, 2.75) is 33.9 Å². The van der Waals surface area contributed by atoms with E-state index < -0.39 is 0 Å². The number of nitrogens with one attached hydrogen (secondary N) is 2. The summed E-state index contributed by atoms with van der Waals surface area (Å²) in [4.78, 5) is 18.9. The standard InChI is InChI=1S/C20H23N3OS2/c1-4-21-20(25)23(12-16-6-5-7-26-16)11-15-10-17-14(3)8-13(2)9-18(17)22-19(15)24/h5-10H,4,11-12H2,1-3H3,(H,21,25)(H,22,24). The Morgan fingerprint density at radius 1 is 1.27 bits per heavy atom. The third-order valence-electron chi connectivity index (χ3n) is 4.29. The lowest BCUT2D eigenvalue weighted by Crippen LogP contribution is -2.39. The zero-order chi connectivity index (χ0) is 18.7. The van der Waals surface area contributed by atoms with Gasteiger partial charge in [0.25, 0.3) is 5.56 Å². The molecule has 26 heavy (non-hydrogen) atoms. The topological polar surface area (TPSA) is 48.1 Å². The zero-order valence-electron chi connectivity index (χ0n) is 15.3. The molecule has 0 aliphatic heterocycles. The highest BCUT2D eigenvalue weighted by atomic mass is 32.1. The molecule has 0 atom stereocenters. The summed E-state index contributed by atoms with van der Waals surface area (Å²) in [6.07, 6.45) is 0. The molecular weight excluding hydrogens is 362 g/mol. The minimum absolute atomic E-state index is 0.0574. The van der Waals surface area contributed by atoms with Crippen LogP contribution in [0.4, 0.5) is 0 Å². The molecule has 2 aromatic heterocycles. The lowest BCUT2D eigenvalue weighted by atomic mass is 10.0. The first-order valence-corrected chi connectivity index (χ1v) is 9.95. The number of H-pyrrole nitrogens is 1. The molecule has 4 nitrogen and oxygen atoms in total. The van der Waals surface area contributed by atoms with Crippen LogP contribution in [0.3, 0.4) is 0 Å². The number of aryl methyl sites for hydroxylation is 2. The van der Waals surface area contributed by atoms with Crippen molar-refractivity contribution in [1.29, 1.82) is 0 Å². The van der Waals surface area contributed by atoms with Crippen LogP contribution in [0.2, 0.25) is 0 Å². The molecule has 2 N–H and O–H groups in total. The summed E-state index contributed by atoms with van der Waals surface area (Å²) in [5.41, 5.74) is 3.86. The third kappa shape index (κ3) is 4.14. The fraction of sp³-hybridized carbons (Fsp3) is 0.300. The third-order valence-corrected chi connectivity index (χ3v) is 5.56. The van der Waals surface area contributed by atoms with Crippen molar-refractivity contribution in [3.63, 3.8) is 0 Å². The van der Waals surface area contributed by atoms with E-state index in [-0.39, 0.29) is 5.56 Å². The first-order valence-electron chi connectivity index (χ1n) is 8.66. The molecule has 0 bridgehead atoms. The number of hydrogen-bond acceptors (Lipinski definition) is 3. The second kappa shape index (κ2) is 8.01. The molecule has 0 aliphatic carbocycles. The maximum Gasteiger partial charge on any atom is 0.253 e. The fourth-order valence-electron chi connectivity index (χ4n) is 3.09. The number of hydrogen-bond donors (Lipinski definition) is 2. The highest BCUT2D eigenvalue weighted by Crippen LogP contribution is 2.20. The van der Waals surface area contributed by atoms with Crippen LogP contribution >= 0.6 is 23.6 Å². The zero-order valence-corrected chi connectivity index (χ0v) is 16.9. The Morgan fingerprint density at radius 3 is 2.77 bits per heavy atom. The van der Waals surface area contributed by atoms with Gasteiger partial charge in [-0.2, -0.15) is 0 Å². The number of rotatable bonds is 5. The molecule has 2 heterocycles. The summed E-state index contributed by atoms with van der Waals surface area (Å²) < 4.78 is 0. The monoisotopic (exact) mass is 385 g/mol. The molecule has 0 radical (unpaired) electrons. The Labute approximate surface area is 162 Å². The van der Waals surface area contributed by atoms with E-state index in [2.05, 4.69) is 34.7 Å². The summed E-state index contributed by atoms with van der Waals surface area (Å²) in [5.74, 6) is 0. The van der Waals surface area contributed by atoms with Gasteiger partial charge in [0.05, 0.1) is 13.1 Å². The van der Waals surface area contributed by atoms with Crippen LogP contribution in [0.1, 0.15) is 28.5 Å². The second-order valence-corrected chi connectivity index (χ2v) is 7.86. The highest BCUT2D eigenvalue weighted by molar-refractivity contribution is 7.80. The van der Waals surface area contributed by atoms with Crippen LogP contribution in [-0.4, -0.2) is 21.5 Å². The lowest BCUT2D eigenvalue weighted by molar-refractivity contribution is 0.402. The van der Waals surface area contributed by atoms with Gasteiger partial charge in [-0.1, -0.05) is 12.1 Å². The van der Waals surface area contributed by atoms with Gasteiger partial charge in [0.15, 0.2) is 5.11 Å². The molecule has 0 unspecified atom stereocenters. The summed E-state index contributed by atoms with van der Waals surface area (Å²) in [5, 5.41) is 7.00. The molecule has 0 aliphatic rings. The SMILES string of the molecule is CCNC(=S)N(Cc1cccs1)Cc1cc2c(C)cc(C)cc2[nH]c1=O. The van der Waals surface area contributed by atoms with E-state index in [1.54, 1.807) is 11.3 Å². The van der Waals surface area contributed by atoms with E-state index in [1.807, 2.05) is 36.9 Å². The van der Waals surface area contributed by atoms with Crippen LogP contribution in [-0.2, 0) is 13.1 Å². The molecule has 0 saturated carbocycles. The minimum atomic E-state index is -0.0574. The van der Waals surface area contributed by atoms with Crippen molar-refractivity contribution in [3.8, 4) is 0 Å². The van der Waals surface area contributed by atoms with E-state index in [0.717, 1.165) is 34.1 Å². The van der Waals surface area contributed by atoms with Gasteiger partial charge >= 0.3 is 0 Å². The minimum Gasteiger partial charge on any atom is -0.363 e. The Morgan fingerprint density at radius 2 is 2.08 bits per heavy atom. The summed E-state index contributed by atoms with van der Waals surface area (Å²) in [7, 11) is 0. The van der Waals surface area contributed by atoms with Crippen molar-refractivity contribution in [2.24, 2.45) is 0 Å². The number of aromatic nitrogens is 1. The first kappa shape index (κ1) is 18.6. The summed E-state index contributed by atoms with van der Waals surface area (Å²) in [6.45, 7) is 8.05. The van der Waals surface area contributed by atoms with E-state index in [4.69, 9.17) is 12.2 Å². The van der Waals surface area contributed by atoms with Gasteiger partial charge in [0.1, 0.15) is 0 Å². The predicted molar refractivity (Wildman–Crippen MR) is 114 cm³/mol. The number of benzene rings is 1. The molecule has 0 spiro atoms. The number of thiophene rings is 1. The predicted octanol–water partition coefficient (Wildman–Crippen LogP) is 4.10. The molecule has 6 heteroatoms. The average molecular weight is 386 g/mol. The molecule has 1 aromatic carbocycles. The van der Waals surface area contributed by atoms with Crippen molar-refractivity contribution < 1.29 is 0 Å². The van der Waals surface area contributed by atoms with Gasteiger partial charge in [0, 0.05) is 27.9 Å². The largest absolute Gasteiger partial charge is 0.363 e. The smallest absolute Gasteiger partial charge is 0.253 e. The summed E-state index contributed by atoms with van der Waals surface area (Å²) >= 11 is 7.23. The highest BCUT2D eigenvalue weighted by Gasteiger charge is 2.14. The van der Waals surface area contributed by atoms with Crippen LogP contribution in [0, 0.1) is 13.8 Å². The Bertz CT molecular complexity index is 977. The molecule has 0 amide bonds. The van der Waals surface area contributed by atoms with Crippen LogP contribution in [0.5, 0.6) is 0 Å². The Hall–Kier alpha value is -2.18. The fourth-order valence-corrected chi connectivity index (χ4v) is 4.09. The normalized spacial score (nSPS) is 10.9. The second-order valence-electron chi connectivity index (χ2n) is 6.44. The van der Waals surface area contributed by atoms with Gasteiger partial charge in [-0.3, -0.25) is 4.79 Å². The number of aromatic amines is 1. The van der Waals surface area contributed by atoms with Crippen molar-refractivity contribution in [2.75, 3.05) is 6.54 Å². The lowest BCUT2D eigenvalue weighted by Gasteiger charge is -2.25. The van der Waals surface area contributed by atoms with Crippen LogP contribution in [0.15, 0.2) is 40.5 Å². The van der Waals surface area contributed by atoms with Crippen molar-refractivity contribution in [3.05, 3.63) is 67.6 Å². The first-order chi connectivity index (χ1) is 12.5. The van der Waals surface area contributed by atoms with E-state index in [9.17, 15) is 4.79 Å². The molecule has 3 aromatic rings. The van der Waals surface area contributed by atoms with Crippen molar-refractivity contribution >= 4 is 39.6 Å². The van der Waals surface area contributed by atoms with Crippen LogP contribution < -0.4 is 10.9 Å². The number of fused-ring (bicyclic) bond motifs is 1. The maximum absolute atomic E-state index is 12.6. The average Bonchev–Trinajstić information content (AvgIpc) is 3.08. The Balaban J connectivity index is 1.96. The van der Waals surface area contributed by atoms with Gasteiger partial charge in [-0.25, -0.2) is 0 Å². The van der Waals surface area contributed by atoms with Gasteiger partial charge in [-0.05, 0) is 67.7 Å². The number of pyridine rings is 1. The van der Waals surface area contributed by atoms with E-state index in [0.29, 0.717) is 18.2 Å². The molecular formula is C20H23N3OS2. The quantitative estimate of drug-likeness (QED) is 0.649. The maximum atomic E-state index is 12.6. The summed E-state index contributed by atoms with van der Waals surface area (Å²) in [6, 6.07) is 10.3. The van der Waals surface area contributed by atoms with Gasteiger partial charge in [0.2, 0.25) is 0 Å². The van der Waals surface area contributed by atoms with Gasteiger partial charge < -0.3 is 15.2 Å². The molecule has 0 saturated heterocycles. The van der Waals surface area contributed by atoms with E-state index in [1.165, 1.54) is 4.88 Å². The Kier molecular flexibility index (Phi) is 5.74. The molecule has 0 fully saturated rings. The number of nitrogens with zero attached hydrogens (tertiary/aromatic N) is 1.